The van der Waals surface area contributed by atoms with Crippen molar-refractivity contribution in [3.63, 3.8) is 0 Å². The molecule has 0 bridgehead atoms. The maximum Gasteiger partial charge on any atom is 0.254 e. The predicted octanol–water partition coefficient (Wildman–Crippen LogP) is 4.26. The minimum absolute atomic E-state index is 0.210. The first-order valence-electron chi connectivity index (χ1n) is 10.7. The average molecular weight is 440 g/mol. The van der Waals surface area contributed by atoms with E-state index >= 15 is 0 Å². The Morgan fingerprint density at radius 1 is 1.13 bits per heavy atom. The van der Waals surface area contributed by atoms with Crippen LogP contribution in [0.2, 0.25) is 0 Å². The van der Waals surface area contributed by atoms with Crippen molar-refractivity contribution < 1.29 is 13.2 Å². The summed E-state index contributed by atoms with van der Waals surface area (Å²) in [6.07, 6.45) is 2.77. The van der Waals surface area contributed by atoms with Gasteiger partial charge in [0.1, 0.15) is 0 Å². The highest BCUT2D eigenvalue weighted by Gasteiger charge is 2.29. The number of carbonyl (C=O) groups is 1. The molecule has 0 spiro atoms. The SMILES string of the molecule is CCN(C(=O)c1ccc(C)c(S(=O)(=O)N2CCCCC2)c1)C(C)c1ccc(C#N)cc1. The summed E-state index contributed by atoms with van der Waals surface area (Å²) in [5.74, 6) is -0.213. The molecule has 0 aromatic heterocycles. The molecule has 7 heteroatoms. The second-order valence-electron chi connectivity index (χ2n) is 7.95. The van der Waals surface area contributed by atoms with Gasteiger partial charge in [0, 0.05) is 25.2 Å². The number of benzene rings is 2. The van der Waals surface area contributed by atoms with E-state index in [-0.39, 0.29) is 16.8 Å². The highest BCUT2D eigenvalue weighted by Crippen LogP contribution is 2.27. The number of piperidine rings is 1. The number of amides is 1. The van der Waals surface area contributed by atoms with Gasteiger partial charge >= 0.3 is 0 Å². The van der Waals surface area contributed by atoms with E-state index in [1.807, 2.05) is 26.0 Å². The molecule has 2 aromatic rings. The van der Waals surface area contributed by atoms with E-state index in [0.717, 1.165) is 24.8 Å². The van der Waals surface area contributed by atoms with Crippen LogP contribution in [0.5, 0.6) is 0 Å². The highest BCUT2D eigenvalue weighted by molar-refractivity contribution is 7.89. The second-order valence-corrected chi connectivity index (χ2v) is 9.85. The van der Waals surface area contributed by atoms with Crippen molar-refractivity contribution in [3.05, 3.63) is 64.7 Å². The van der Waals surface area contributed by atoms with Crippen molar-refractivity contribution in [2.45, 2.75) is 51.0 Å². The van der Waals surface area contributed by atoms with Gasteiger partial charge in [0.25, 0.3) is 5.91 Å². The van der Waals surface area contributed by atoms with Crippen molar-refractivity contribution in [2.24, 2.45) is 0 Å². The summed E-state index contributed by atoms with van der Waals surface area (Å²) in [5, 5.41) is 9.00. The summed E-state index contributed by atoms with van der Waals surface area (Å²) < 4.78 is 28.0. The number of rotatable bonds is 6. The second kappa shape index (κ2) is 9.63. The maximum absolute atomic E-state index is 13.3. The van der Waals surface area contributed by atoms with Crippen molar-refractivity contribution in [1.29, 1.82) is 5.26 Å². The van der Waals surface area contributed by atoms with Crippen LogP contribution in [0, 0.1) is 18.3 Å². The van der Waals surface area contributed by atoms with Crippen LogP contribution >= 0.6 is 0 Å². The van der Waals surface area contributed by atoms with Crippen molar-refractivity contribution in [2.75, 3.05) is 19.6 Å². The van der Waals surface area contributed by atoms with Gasteiger partial charge in [-0.1, -0.05) is 24.6 Å². The Hall–Kier alpha value is -2.69. The first-order valence-corrected chi connectivity index (χ1v) is 12.2. The fourth-order valence-electron chi connectivity index (χ4n) is 4.03. The number of carbonyl (C=O) groups excluding carboxylic acids is 1. The zero-order valence-electron chi connectivity index (χ0n) is 18.3. The minimum Gasteiger partial charge on any atom is -0.332 e. The molecular weight excluding hydrogens is 410 g/mol. The van der Waals surface area contributed by atoms with Crippen LogP contribution in [-0.2, 0) is 10.0 Å². The molecule has 0 radical (unpaired) electrons. The van der Waals surface area contributed by atoms with Crippen molar-refractivity contribution >= 4 is 15.9 Å². The lowest BCUT2D eigenvalue weighted by molar-refractivity contribution is 0.0702. The van der Waals surface area contributed by atoms with Gasteiger partial charge in [0.15, 0.2) is 0 Å². The molecule has 1 aliphatic heterocycles. The number of nitriles is 1. The zero-order valence-corrected chi connectivity index (χ0v) is 19.2. The fraction of sp³-hybridized carbons (Fsp3) is 0.417. The molecule has 1 aliphatic rings. The smallest absolute Gasteiger partial charge is 0.254 e. The maximum atomic E-state index is 13.3. The van der Waals surface area contributed by atoms with Gasteiger partial charge < -0.3 is 4.90 Å². The van der Waals surface area contributed by atoms with Crippen LogP contribution < -0.4 is 0 Å². The molecule has 1 fully saturated rings. The van der Waals surface area contributed by atoms with E-state index in [1.165, 1.54) is 10.4 Å². The molecule has 2 aromatic carbocycles. The van der Waals surface area contributed by atoms with E-state index in [0.29, 0.717) is 36.3 Å². The average Bonchev–Trinajstić information content (AvgIpc) is 2.80. The molecule has 1 unspecified atom stereocenters. The Balaban J connectivity index is 1.91. The molecule has 1 amide bonds. The fourth-order valence-corrected chi connectivity index (χ4v) is 5.80. The highest BCUT2D eigenvalue weighted by atomic mass is 32.2. The topological polar surface area (TPSA) is 81.5 Å². The zero-order chi connectivity index (χ0) is 22.6. The molecule has 164 valence electrons. The number of sulfonamides is 1. The Bertz CT molecular complexity index is 1080. The minimum atomic E-state index is -3.63. The standard InChI is InChI=1S/C24H29N3O3S/c1-4-27(19(3)21-12-9-20(17-25)10-13-21)24(28)22-11-8-18(2)23(16-22)31(29,30)26-14-6-5-7-15-26/h8-13,16,19H,4-7,14-15H2,1-3H3. The van der Waals surface area contributed by atoms with Crippen molar-refractivity contribution in [1.82, 2.24) is 9.21 Å². The first kappa shape index (κ1) is 23.0. The summed E-state index contributed by atoms with van der Waals surface area (Å²) in [4.78, 5) is 15.3. The third kappa shape index (κ3) is 4.81. The Morgan fingerprint density at radius 2 is 1.77 bits per heavy atom. The number of hydrogen-bond donors (Lipinski definition) is 0. The summed E-state index contributed by atoms with van der Waals surface area (Å²) in [6.45, 7) is 7.12. The third-order valence-corrected chi connectivity index (χ3v) is 8.00. The summed E-state index contributed by atoms with van der Waals surface area (Å²) in [6, 6.07) is 14.0. The Morgan fingerprint density at radius 3 is 2.35 bits per heavy atom. The van der Waals surface area contributed by atoms with Crippen LogP contribution in [0.25, 0.3) is 0 Å². The van der Waals surface area contributed by atoms with E-state index in [2.05, 4.69) is 6.07 Å². The lowest BCUT2D eigenvalue weighted by Crippen LogP contribution is -2.36. The van der Waals surface area contributed by atoms with Crippen LogP contribution in [0.15, 0.2) is 47.4 Å². The predicted molar refractivity (Wildman–Crippen MR) is 120 cm³/mol. The normalized spacial score (nSPS) is 15.8. The molecule has 3 rings (SSSR count). The molecule has 6 nitrogen and oxygen atoms in total. The molecule has 1 heterocycles. The Labute approximate surface area is 185 Å². The van der Waals surface area contributed by atoms with Gasteiger partial charge in [-0.25, -0.2) is 8.42 Å². The summed E-state index contributed by atoms with van der Waals surface area (Å²) >= 11 is 0. The summed E-state index contributed by atoms with van der Waals surface area (Å²) in [5.41, 5.74) is 2.49. The first-order chi connectivity index (χ1) is 14.8. The lowest BCUT2D eigenvalue weighted by Gasteiger charge is -2.29. The van der Waals surface area contributed by atoms with E-state index in [9.17, 15) is 13.2 Å². The largest absolute Gasteiger partial charge is 0.332 e. The van der Waals surface area contributed by atoms with Crippen LogP contribution in [-0.4, -0.2) is 43.2 Å². The Kier molecular flexibility index (Phi) is 7.14. The van der Waals surface area contributed by atoms with Crippen molar-refractivity contribution in [3.8, 4) is 6.07 Å². The van der Waals surface area contributed by atoms with Gasteiger partial charge in [-0.2, -0.15) is 9.57 Å². The van der Waals surface area contributed by atoms with Gasteiger partial charge in [0.05, 0.1) is 22.6 Å². The van der Waals surface area contributed by atoms with Gasteiger partial charge in [-0.15, -0.1) is 0 Å². The quantitative estimate of drug-likeness (QED) is 0.673. The van der Waals surface area contributed by atoms with Gasteiger partial charge in [0.2, 0.25) is 10.0 Å². The van der Waals surface area contributed by atoms with Gasteiger partial charge in [-0.05, 0) is 69.0 Å². The molecule has 0 saturated carbocycles. The van der Waals surface area contributed by atoms with Crippen LogP contribution in [0.4, 0.5) is 0 Å². The molecule has 1 saturated heterocycles. The van der Waals surface area contributed by atoms with E-state index in [1.54, 1.807) is 36.1 Å². The number of hydrogen-bond acceptors (Lipinski definition) is 4. The number of nitrogens with zero attached hydrogens (tertiary/aromatic N) is 3. The monoisotopic (exact) mass is 439 g/mol. The van der Waals surface area contributed by atoms with Crippen LogP contribution in [0.1, 0.15) is 66.2 Å². The van der Waals surface area contributed by atoms with Crippen LogP contribution in [0.3, 0.4) is 0 Å². The third-order valence-electron chi connectivity index (χ3n) is 5.96. The summed E-state index contributed by atoms with van der Waals surface area (Å²) in [7, 11) is -3.63. The van der Waals surface area contributed by atoms with E-state index in [4.69, 9.17) is 5.26 Å². The van der Waals surface area contributed by atoms with E-state index < -0.39 is 10.0 Å². The van der Waals surface area contributed by atoms with Gasteiger partial charge in [-0.3, -0.25) is 4.79 Å². The molecule has 0 N–H and O–H groups in total. The number of aryl methyl sites for hydroxylation is 1. The molecular formula is C24H29N3O3S. The molecule has 1 atom stereocenters. The lowest BCUT2D eigenvalue weighted by atomic mass is 10.0. The molecule has 31 heavy (non-hydrogen) atoms. The molecule has 0 aliphatic carbocycles.